The van der Waals surface area contributed by atoms with Gasteiger partial charge in [0.1, 0.15) is 5.82 Å². The number of hydrogen-bond acceptors (Lipinski definition) is 3. The predicted octanol–water partition coefficient (Wildman–Crippen LogP) is 4.14. The number of fused-ring (bicyclic) bond motifs is 1. The Kier molecular flexibility index (Phi) is 5.29. The van der Waals surface area contributed by atoms with Gasteiger partial charge in [0.05, 0.1) is 11.4 Å². The molecule has 2 atom stereocenters. The van der Waals surface area contributed by atoms with Crippen LogP contribution >= 0.6 is 11.8 Å². The second-order valence-corrected chi connectivity index (χ2v) is 8.22. The monoisotopic (exact) mass is 373 g/mol. The molecule has 4 nitrogen and oxygen atoms in total. The summed E-state index contributed by atoms with van der Waals surface area (Å²) in [6.45, 7) is 1.81. The standard InChI is InChI=1S/C20H24FN3OS/c21-17-6-3-7-18(12-17)24-11-9-22-20(24)26-14-19(25)23-10-8-15-4-1-2-5-16(15)13-23/h3,6-7,9,11-12,15-16H,1-2,4-5,8,10,13-14H2. The minimum absolute atomic E-state index is 0.188. The molecule has 0 bridgehead atoms. The highest BCUT2D eigenvalue weighted by atomic mass is 32.2. The number of likely N-dealkylation sites (tertiary alicyclic amines) is 1. The quantitative estimate of drug-likeness (QED) is 0.756. The van der Waals surface area contributed by atoms with Crippen molar-refractivity contribution in [3.8, 4) is 5.69 Å². The highest BCUT2D eigenvalue weighted by molar-refractivity contribution is 7.99. The summed E-state index contributed by atoms with van der Waals surface area (Å²) in [5.41, 5.74) is 0.723. The van der Waals surface area contributed by atoms with Crippen LogP contribution in [0.25, 0.3) is 5.69 Å². The Labute approximate surface area is 157 Å². The molecule has 4 rings (SSSR count). The average Bonchev–Trinajstić information content (AvgIpc) is 3.14. The van der Waals surface area contributed by atoms with E-state index in [-0.39, 0.29) is 11.7 Å². The van der Waals surface area contributed by atoms with Crippen molar-refractivity contribution in [1.82, 2.24) is 14.5 Å². The summed E-state index contributed by atoms with van der Waals surface area (Å²) in [4.78, 5) is 19.1. The maximum atomic E-state index is 13.5. The van der Waals surface area contributed by atoms with E-state index in [0.29, 0.717) is 11.7 Å². The van der Waals surface area contributed by atoms with Crippen LogP contribution in [-0.2, 0) is 4.79 Å². The van der Waals surface area contributed by atoms with Crippen LogP contribution < -0.4 is 0 Å². The maximum Gasteiger partial charge on any atom is 0.233 e. The Balaban J connectivity index is 1.37. The Morgan fingerprint density at radius 3 is 2.92 bits per heavy atom. The fourth-order valence-electron chi connectivity index (χ4n) is 4.26. The van der Waals surface area contributed by atoms with E-state index in [4.69, 9.17) is 0 Å². The first-order chi connectivity index (χ1) is 12.7. The van der Waals surface area contributed by atoms with Crippen molar-refractivity contribution in [3.05, 3.63) is 42.5 Å². The molecule has 2 heterocycles. The largest absolute Gasteiger partial charge is 0.342 e. The summed E-state index contributed by atoms with van der Waals surface area (Å²) in [6.07, 6.45) is 9.91. The van der Waals surface area contributed by atoms with Gasteiger partial charge in [-0.2, -0.15) is 0 Å². The number of benzene rings is 1. The smallest absolute Gasteiger partial charge is 0.233 e. The molecule has 1 amide bonds. The van der Waals surface area contributed by atoms with Gasteiger partial charge in [0.15, 0.2) is 5.16 Å². The van der Waals surface area contributed by atoms with Gasteiger partial charge < -0.3 is 4.90 Å². The van der Waals surface area contributed by atoms with Crippen LogP contribution in [0.15, 0.2) is 41.8 Å². The predicted molar refractivity (Wildman–Crippen MR) is 101 cm³/mol. The van der Waals surface area contributed by atoms with Gasteiger partial charge in [0, 0.05) is 25.5 Å². The lowest BCUT2D eigenvalue weighted by Crippen LogP contribution is -2.45. The zero-order valence-electron chi connectivity index (χ0n) is 14.8. The first kappa shape index (κ1) is 17.6. The van der Waals surface area contributed by atoms with Crippen LogP contribution in [0.1, 0.15) is 32.1 Å². The summed E-state index contributed by atoms with van der Waals surface area (Å²) >= 11 is 1.42. The van der Waals surface area contributed by atoms with E-state index < -0.39 is 0 Å². The van der Waals surface area contributed by atoms with Crippen LogP contribution in [0.2, 0.25) is 0 Å². The molecule has 2 aliphatic rings. The molecule has 1 saturated carbocycles. The number of piperidine rings is 1. The van der Waals surface area contributed by atoms with Gasteiger partial charge in [0.25, 0.3) is 0 Å². The van der Waals surface area contributed by atoms with Crippen molar-refractivity contribution in [1.29, 1.82) is 0 Å². The Morgan fingerprint density at radius 2 is 2.08 bits per heavy atom. The fourth-order valence-corrected chi connectivity index (χ4v) is 5.14. The maximum absolute atomic E-state index is 13.5. The van der Waals surface area contributed by atoms with Gasteiger partial charge in [-0.25, -0.2) is 9.37 Å². The summed E-state index contributed by atoms with van der Waals surface area (Å²) in [7, 11) is 0. The van der Waals surface area contributed by atoms with Gasteiger partial charge in [-0.05, 0) is 42.9 Å². The number of hydrogen-bond donors (Lipinski definition) is 0. The summed E-state index contributed by atoms with van der Waals surface area (Å²) in [5, 5.41) is 0.719. The first-order valence-electron chi connectivity index (χ1n) is 9.40. The van der Waals surface area contributed by atoms with E-state index in [1.54, 1.807) is 18.5 Å². The molecule has 2 unspecified atom stereocenters. The van der Waals surface area contributed by atoms with Gasteiger partial charge in [-0.15, -0.1) is 0 Å². The zero-order valence-corrected chi connectivity index (χ0v) is 15.6. The van der Waals surface area contributed by atoms with Crippen LogP contribution in [0.5, 0.6) is 0 Å². The van der Waals surface area contributed by atoms with Crippen molar-refractivity contribution < 1.29 is 9.18 Å². The lowest BCUT2D eigenvalue weighted by Gasteiger charge is -2.41. The molecule has 26 heavy (non-hydrogen) atoms. The highest BCUT2D eigenvalue weighted by Gasteiger charge is 2.32. The van der Waals surface area contributed by atoms with E-state index >= 15 is 0 Å². The third kappa shape index (κ3) is 3.80. The fraction of sp³-hybridized carbons (Fsp3) is 0.500. The molecular formula is C20H24FN3OS. The number of imidazole rings is 1. The normalized spacial score (nSPS) is 22.9. The van der Waals surface area contributed by atoms with Crippen molar-refractivity contribution in [2.45, 2.75) is 37.3 Å². The van der Waals surface area contributed by atoms with E-state index in [1.165, 1.54) is 49.6 Å². The number of aromatic nitrogens is 2. The highest BCUT2D eigenvalue weighted by Crippen LogP contribution is 2.36. The van der Waals surface area contributed by atoms with Gasteiger partial charge in [-0.3, -0.25) is 9.36 Å². The molecule has 1 saturated heterocycles. The molecule has 2 aromatic rings. The number of carbonyl (C=O) groups is 1. The Morgan fingerprint density at radius 1 is 1.23 bits per heavy atom. The zero-order chi connectivity index (χ0) is 17.9. The Bertz CT molecular complexity index is 778. The molecule has 1 aliphatic heterocycles. The topological polar surface area (TPSA) is 38.1 Å². The number of rotatable bonds is 4. The second-order valence-electron chi connectivity index (χ2n) is 7.28. The lowest BCUT2D eigenvalue weighted by atomic mass is 9.75. The summed E-state index contributed by atoms with van der Waals surface area (Å²) < 4.78 is 15.3. The number of carbonyl (C=O) groups excluding carboxylic acids is 1. The Hall–Kier alpha value is -1.82. The minimum atomic E-state index is -0.279. The van der Waals surface area contributed by atoms with E-state index in [0.717, 1.165) is 36.3 Å². The van der Waals surface area contributed by atoms with Crippen LogP contribution in [0.4, 0.5) is 4.39 Å². The van der Waals surface area contributed by atoms with Gasteiger partial charge >= 0.3 is 0 Å². The molecule has 0 spiro atoms. The first-order valence-corrected chi connectivity index (χ1v) is 10.4. The van der Waals surface area contributed by atoms with E-state index in [9.17, 15) is 9.18 Å². The molecular weight excluding hydrogens is 349 g/mol. The third-order valence-electron chi connectivity index (χ3n) is 5.66. The third-order valence-corrected chi connectivity index (χ3v) is 6.61. The molecule has 6 heteroatoms. The molecule has 1 aliphatic carbocycles. The summed E-state index contributed by atoms with van der Waals surface area (Å²) in [5.74, 6) is 1.81. The molecule has 2 fully saturated rings. The number of thioether (sulfide) groups is 1. The van der Waals surface area contributed by atoms with Crippen LogP contribution in [0.3, 0.4) is 0 Å². The van der Waals surface area contributed by atoms with Crippen LogP contribution in [0, 0.1) is 17.7 Å². The lowest BCUT2D eigenvalue weighted by molar-refractivity contribution is -0.131. The molecule has 1 aromatic carbocycles. The SMILES string of the molecule is O=C(CSc1nccn1-c1cccc(F)c1)N1CCC2CCCCC2C1. The number of amides is 1. The van der Waals surface area contributed by atoms with Crippen molar-refractivity contribution in [3.63, 3.8) is 0 Å². The van der Waals surface area contributed by atoms with Crippen molar-refractivity contribution in [2.75, 3.05) is 18.8 Å². The van der Waals surface area contributed by atoms with Gasteiger partial charge in [-0.1, -0.05) is 37.1 Å². The minimum Gasteiger partial charge on any atom is -0.342 e. The van der Waals surface area contributed by atoms with E-state index in [1.807, 2.05) is 15.5 Å². The molecule has 1 aromatic heterocycles. The number of nitrogens with zero attached hydrogens (tertiary/aromatic N) is 3. The van der Waals surface area contributed by atoms with Crippen LogP contribution in [-0.4, -0.2) is 39.2 Å². The summed E-state index contributed by atoms with van der Waals surface area (Å²) in [6, 6.07) is 6.41. The average molecular weight is 373 g/mol. The molecule has 0 N–H and O–H groups in total. The van der Waals surface area contributed by atoms with E-state index in [2.05, 4.69) is 4.98 Å². The van der Waals surface area contributed by atoms with Crippen molar-refractivity contribution in [2.24, 2.45) is 11.8 Å². The molecule has 0 radical (unpaired) electrons. The second kappa shape index (κ2) is 7.82. The number of halogens is 1. The van der Waals surface area contributed by atoms with Gasteiger partial charge in [0.2, 0.25) is 5.91 Å². The molecule has 138 valence electrons. The van der Waals surface area contributed by atoms with Crippen molar-refractivity contribution >= 4 is 17.7 Å².